The van der Waals surface area contributed by atoms with E-state index >= 15 is 0 Å². The van der Waals surface area contributed by atoms with Crippen molar-refractivity contribution < 1.29 is 9.00 Å². The maximum Gasteiger partial charge on any atom is 0.224 e. The Morgan fingerprint density at radius 1 is 1.17 bits per heavy atom. The highest BCUT2D eigenvalue weighted by atomic mass is 127. The number of halogens is 1. The molecule has 1 aliphatic carbocycles. The Morgan fingerprint density at radius 2 is 1.90 bits per heavy atom. The SMILES string of the molecule is CCCC(=O)Nc1ccc(CN=C(NCC)NC2CCCC(S(=O)CC)C2)cc1.I. The first kappa shape index (κ1) is 26.9. The second-order valence-electron chi connectivity index (χ2n) is 7.49. The van der Waals surface area contributed by atoms with Crippen LogP contribution in [0.5, 0.6) is 0 Å². The number of nitrogens with zero attached hydrogens (tertiary/aromatic N) is 1. The van der Waals surface area contributed by atoms with Crippen molar-refractivity contribution in [2.24, 2.45) is 4.99 Å². The Balaban J connectivity index is 0.00000450. The van der Waals surface area contributed by atoms with Crippen LogP contribution < -0.4 is 16.0 Å². The number of benzene rings is 1. The molecule has 3 atom stereocenters. The lowest BCUT2D eigenvalue weighted by molar-refractivity contribution is -0.116. The van der Waals surface area contributed by atoms with Gasteiger partial charge >= 0.3 is 0 Å². The smallest absolute Gasteiger partial charge is 0.224 e. The molecular weight excluding hydrogens is 511 g/mol. The summed E-state index contributed by atoms with van der Waals surface area (Å²) in [6, 6.07) is 8.15. The Morgan fingerprint density at radius 3 is 2.53 bits per heavy atom. The van der Waals surface area contributed by atoms with Gasteiger partial charge in [-0.2, -0.15) is 0 Å². The number of hydrogen-bond acceptors (Lipinski definition) is 3. The van der Waals surface area contributed by atoms with E-state index in [9.17, 15) is 9.00 Å². The van der Waals surface area contributed by atoms with Crippen molar-refractivity contribution in [2.75, 3.05) is 17.6 Å². The number of carbonyl (C=O) groups excluding carboxylic acids is 1. The van der Waals surface area contributed by atoms with E-state index in [-0.39, 0.29) is 29.9 Å². The van der Waals surface area contributed by atoms with Crippen molar-refractivity contribution in [3.8, 4) is 0 Å². The Hall–Kier alpha value is -1.16. The lowest BCUT2D eigenvalue weighted by Gasteiger charge is -2.30. The molecule has 0 radical (unpaired) electrons. The van der Waals surface area contributed by atoms with Gasteiger partial charge in [-0.25, -0.2) is 4.99 Å². The van der Waals surface area contributed by atoms with Crippen molar-refractivity contribution in [1.29, 1.82) is 0 Å². The molecule has 0 bridgehead atoms. The summed E-state index contributed by atoms with van der Waals surface area (Å²) >= 11 is 0. The minimum absolute atomic E-state index is 0. The van der Waals surface area contributed by atoms with E-state index in [2.05, 4.69) is 22.9 Å². The Labute approximate surface area is 200 Å². The molecule has 2 rings (SSSR count). The average molecular weight is 549 g/mol. The molecule has 6 nitrogen and oxygen atoms in total. The van der Waals surface area contributed by atoms with Crippen molar-refractivity contribution >= 4 is 52.3 Å². The molecule has 3 unspecified atom stereocenters. The molecule has 1 fully saturated rings. The van der Waals surface area contributed by atoms with Crippen LogP contribution in [0.2, 0.25) is 0 Å². The van der Waals surface area contributed by atoms with Crippen LogP contribution in [0.1, 0.15) is 64.9 Å². The van der Waals surface area contributed by atoms with E-state index in [1.54, 1.807) is 0 Å². The highest BCUT2D eigenvalue weighted by molar-refractivity contribution is 14.0. The average Bonchev–Trinajstić information content (AvgIpc) is 2.73. The van der Waals surface area contributed by atoms with E-state index in [0.717, 1.165) is 61.6 Å². The fourth-order valence-corrected chi connectivity index (χ4v) is 4.93. The normalized spacial score (nSPS) is 20.0. The minimum Gasteiger partial charge on any atom is -0.357 e. The largest absolute Gasteiger partial charge is 0.357 e. The van der Waals surface area contributed by atoms with E-state index in [1.165, 1.54) is 0 Å². The van der Waals surface area contributed by atoms with Gasteiger partial charge in [0.05, 0.1) is 6.54 Å². The lowest BCUT2D eigenvalue weighted by Crippen LogP contribution is -2.46. The van der Waals surface area contributed by atoms with Gasteiger partial charge in [-0.3, -0.25) is 9.00 Å². The van der Waals surface area contributed by atoms with Gasteiger partial charge in [-0.1, -0.05) is 32.4 Å². The Bertz CT molecular complexity index is 697. The summed E-state index contributed by atoms with van der Waals surface area (Å²) in [5.74, 6) is 1.59. The second kappa shape index (κ2) is 14.8. The molecule has 0 aliphatic heterocycles. The fourth-order valence-electron chi connectivity index (χ4n) is 3.58. The van der Waals surface area contributed by atoms with Crippen molar-refractivity contribution in [1.82, 2.24) is 10.6 Å². The van der Waals surface area contributed by atoms with Gasteiger partial charge in [0.25, 0.3) is 0 Å². The Kier molecular flexibility index (Phi) is 13.2. The van der Waals surface area contributed by atoms with Gasteiger partial charge in [0.15, 0.2) is 5.96 Å². The number of aliphatic imine (C=N–C) groups is 1. The summed E-state index contributed by atoms with van der Waals surface area (Å²) < 4.78 is 12.2. The van der Waals surface area contributed by atoms with Crippen LogP contribution in [-0.2, 0) is 22.1 Å². The number of guanidine groups is 1. The molecule has 170 valence electrons. The quantitative estimate of drug-likeness (QED) is 0.246. The van der Waals surface area contributed by atoms with Crippen LogP contribution in [0.4, 0.5) is 5.69 Å². The molecule has 0 heterocycles. The van der Waals surface area contributed by atoms with Gasteiger partial charge in [0, 0.05) is 46.5 Å². The zero-order valence-electron chi connectivity index (χ0n) is 18.4. The maximum absolute atomic E-state index is 12.2. The van der Waals surface area contributed by atoms with E-state index in [4.69, 9.17) is 4.99 Å². The summed E-state index contributed by atoms with van der Waals surface area (Å²) in [7, 11) is -0.725. The molecular formula is C22H37IN4O2S. The van der Waals surface area contributed by atoms with E-state index in [1.807, 2.05) is 38.1 Å². The highest BCUT2D eigenvalue weighted by Gasteiger charge is 2.26. The predicted molar refractivity (Wildman–Crippen MR) is 138 cm³/mol. The zero-order valence-corrected chi connectivity index (χ0v) is 21.6. The van der Waals surface area contributed by atoms with Gasteiger partial charge in [0.2, 0.25) is 5.91 Å². The molecule has 8 heteroatoms. The first-order valence-electron chi connectivity index (χ1n) is 10.9. The topological polar surface area (TPSA) is 82.6 Å². The second-order valence-corrected chi connectivity index (χ2v) is 9.50. The van der Waals surface area contributed by atoms with Crippen LogP contribution in [0.3, 0.4) is 0 Å². The third kappa shape index (κ3) is 9.32. The summed E-state index contributed by atoms with van der Waals surface area (Å²) in [6.07, 6.45) is 5.59. The number of rotatable bonds is 9. The first-order valence-corrected chi connectivity index (χ1v) is 12.2. The number of carbonyl (C=O) groups is 1. The van der Waals surface area contributed by atoms with Gasteiger partial charge in [-0.05, 0) is 50.3 Å². The molecule has 1 aromatic rings. The van der Waals surface area contributed by atoms with Crippen LogP contribution in [0.15, 0.2) is 29.3 Å². The maximum atomic E-state index is 12.2. The molecule has 30 heavy (non-hydrogen) atoms. The molecule has 1 aromatic carbocycles. The third-order valence-electron chi connectivity index (χ3n) is 5.10. The van der Waals surface area contributed by atoms with Crippen LogP contribution in [0, 0.1) is 0 Å². The third-order valence-corrected chi connectivity index (χ3v) is 6.84. The molecule has 3 N–H and O–H groups in total. The number of nitrogens with one attached hydrogen (secondary N) is 3. The fraction of sp³-hybridized carbons (Fsp3) is 0.636. The van der Waals surface area contributed by atoms with Gasteiger partial charge in [-0.15, -0.1) is 24.0 Å². The molecule has 1 aliphatic rings. The molecule has 1 saturated carbocycles. The van der Waals surface area contributed by atoms with Crippen LogP contribution >= 0.6 is 24.0 Å². The lowest BCUT2D eigenvalue weighted by atomic mass is 9.95. The molecule has 0 aromatic heterocycles. The van der Waals surface area contributed by atoms with Crippen molar-refractivity contribution in [3.05, 3.63) is 29.8 Å². The summed E-state index contributed by atoms with van der Waals surface area (Å²) in [6.45, 7) is 7.41. The van der Waals surface area contributed by atoms with Crippen molar-refractivity contribution in [2.45, 2.75) is 77.1 Å². The van der Waals surface area contributed by atoms with Gasteiger partial charge in [0.1, 0.15) is 0 Å². The number of amides is 1. The summed E-state index contributed by atoms with van der Waals surface area (Å²) in [5, 5.41) is 10.0. The number of hydrogen-bond donors (Lipinski definition) is 3. The zero-order chi connectivity index (χ0) is 21.1. The monoisotopic (exact) mass is 548 g/mol. The van der Waals surface area contributed by atoms with E-state index < -0.39 is 10.8 Å². The predicted octanol–water partition coefficient (Wildman–Crippen LogP) is 4.18. The first-order chi connectivity index (χ1) is 14.0. The van der Waals surface area contributed by atoms with Crippen LogP contribution in [0.25, 0.3) is 0 Å². The molecule has 0 spiro atoms. The summed E-state index contributed by atoms with van der Waals surface area (Å²) in [5.41, 5.74) is 1.91. The van der Waals surface area contributed by atoms with Crippen LogP contribution in [-0.4, -0.2) is 39.7 Å². The van der Waals surface area contributed by atoms with Crippen molar-refractivity contribution in [3.63, 3.8) is 0 Å². The standard InChI is InChI=1S/C22H36N4O2S.HI/c1-4-8-21(27)25-18-13-11-17(12-14-18)16-24-22(23-5-2)26-19-9-7-10-20(15-19)29(28)6-3;/h11-14,19-20H,4-10,15-16H2,1-3H3,(H,25,27)(H2,23,24,26);1H. The molecule has 1 amide bonds. The summed E-state index contributed by atoms with van der Waals surface area (Å²) in [4.78, 5) is 16.4. The molecule has 0 saturated heterocycles. The number of anilines is 1. The minimum atomic E-state index is -0.725. The van der Waals surface area contributed by atoms with E-state index in [0.29, 0.717) is 24.3 Å². The van der Waals surface area contributed by atoms with Gasteiger partial charge < -0.3 is 16.0 Å². The highest BCUT2D eigenvalue weighted by Crippen LogP contribution is 2.23.